The van der Waals surface area contributed by atoms with E-state index in [0.29, 0.717) is 11.7 Å². The lowest BCUT2D eigenvalue weighted by Crippen LogP contribution is -2.05. The first kappa shape index (κ1) is 13.5. The van der Waals surface area contributed by atoms with Crippen molar-refractivity contribution in [2.24, 2.45) is 0 Å². The second-order valence-corrected chi connectivity index (χ2v) is 5.05. The molecule has 2 aromatic carbocycles. The molecule has 2 nitrogen and oxygen atoms in total. The SMILES string of the molecule is CC(C)Oc1ccc(C(C)c2ccc(O)cc2)cc1. The number of hydrogen-bond donors (Lipinski definition) is 1. The summed E-state index contributed by atoms with van der Waals surface area (Å²) < 4.78 is 5.64. The van der Waals surface area contributed by atoms with Gasteiger partial charge in [-0.25, -0.2) is 0 Å². The smallest absolute Gasteiger partial charge is 0.119 e. The van der Waals surface area contributed by atoms with E-state index in [0.717, 1.165) is 5.75 Å². The van der Waals surface area contributed by atoms with Crippen LogP contribution in [-0.2, 0) is 0 Å². The molecule has 2 rings (SSSR count). The van der Waals surface area contributed by atoms with E-state index >= 15 is 0 Å². The molecule has 0 bridgehead atoms. The van der Waals surface area contributed by atoms with Crippen LogP contribution in [0.15, 0.2) is 48.5 Å². The Labute approximate surface area is 114 Å². The molecule has 0 radical (unpaired) electrons. The van der Waals surface area contributed by atoms with Gasteiger partial charge < -0.3 is 9.84 Å². The maximum atomic E-state index is 9.31. The largest absolute Gasteiger partial charge is 0.508 e. The number of ether oxygens (including phenoxy) is 1. The Morgan fingerprint density at radius 3 is 1.74 bits per heavy atom. The number of rotatable bonds is 4. The predicted molar refractivity (Wildman–Crippen MR) is 77.8 cm³/mol. The van der Waals surface area contributed by atoms with E-state index in [1.165, 1.54) is 11.1 Å². The fourth-order valence-corrected chi connectivity index (χ4v) is 2.06. The van der Waals surface area contributed by atoms with Crippen LogP contribution in [0.25, 0.3) is 0 Å². The summed E-state index contributed by atoms with van der Waals surface area (Å²) in [6, 6.07) is 15.6. The highest BCUT2D eigenvalue weighted by Gasteiger charge is 2.08. The van der Waals surface area contributed by atoms with Crippen LogP contribution >= 0.6 is 0 Å². The molecule has 2 aromatic rings. The summed E-state index contributed by atoms with van der Waals surface area (Å²) in [4.78, 5) is 0. The lowest BCUT2D eigenvalue weighted by molar-refractivity contribution is 0.242. The highest BCUT2D eigenvalue weighted by Crippen LogP contribution is 2.27. The van der Waals surface area contributed by atoms with Gasteiger partial charge in [0.2, 0.25) is 0 Å². The van der Waals surface area contributed by atoms with Gasteiger partial charge in [0.15, 0.2) is 0 Å². The van der Waals surface area contributed by atoms with Crippen LogP contribution in [0.1, 0.15) is 37.8 Å². The van der Waals surface area contributed by atoms with E-state index < -0.39 is 0 Å². The van der Waals surface area contributed by atoms with Crippen molar-refractivity contribution in [3.63, 3.8) is 0 Å². The third-order valence-corrected chi connectivity index (χ3v) is 3.14. The summed E-state index contributed by atoms with van der Waals surface area (Å²) >= 11 is 0. The number of phenols is 1. The molecule has 0 spiro atoms. The lowest BCUT2D eigenvalue weighted by Gasteiger charge is -2.14. The van der Waals surface area contributed by atoms with Gasteiger partial charge in [0, 0.05) is 5.92 Å². The Morgan fingerprint density at radius 2 is 1.26 bits per heavy atom. The summed E-state index contributed by atoms with van der Waals surface area (Å²) in [7, 11) is 0. The summed E-state index contributed by atoms with van der Waals surface area (Å²) in [5.41, 5.74) is 2.43. The average Bonchev–Trinajstić information content (AvgIpc) is 2.39. The molecule has 0 heterocycles. The quantitative estimate of drug-likeness (QED) is 0.882. The summed E-state index contributed by atoms with van der Waals surface area (Å²) in [6.45, 7) is 6.20. The molecule has 1 N–H and O–H groups in total. The lowest BCUT2D eigenvalue weighted by atomic mass is 9.93. The Morgan fingerprint density at radius 1 is 0.789 bits per heavy atom. The average molecular weight is 256 g/mol. The van der Waals surface area contributed by atoms with Gasteiger partial charge in [-0.15, -0.1) is 0 Å². The Bertz CT molecular complexity index is 512. The van der Waals surface area contributed by atoms with E-state index in [-0.39, 0.29) is 6.10 Å². The molecule has 100 valence electrons. The molecule has 0 aromatic heterocycles. The molecular weight excluding hydrogens is 236 g/mol. The topological polar surface area (TPSA) is 29.5 Å². The van der Waals surface area contributed by atoms with E-state index in [1.54, 1.807) is 12.1 Å². The summed E-state index contributed by atoms with van der Waals surface area (Å²) in [5.74, 6) is 1.50. The molecule has 0 saturated carbocycles. The van der Waals surface area contributed by atoms with Crippen molar-refractivity contribution in [2.45, 2.75) is 32.8 Å². The van der Waals surface area contributed by atoms with Crippen molar-refractivity contribution in [3.05, 3.63) is 59.7 Å². The molecule has 0 aliphatic carbocycles. The maximum Gasteiger partial charge on any atom is 0.119 e. The molecule has 0 aliphatic rings. The first-order valence-corrected chi connectivity index (χ1v) is 6.62. The molecule has 2 heteroatoms. The van der Waals surface area contributed by atoms with Crippen LogP contribution in [0.5, 0.6) is 11.5 Å². The Kier molecular flexibility index (Phi) is 4.10. The fourth-order valence-electron chi connectivity index (χ4n) is 2.06. The molecule has 1 unspecified atom stereocenters. The van der Waals surface area contributed by atoms with E-state index in [1.807, 2.05) is 38.1 Å². The molecule has 1 atom stereocenters. The molecule has 0 fully saturated rings. The van der Waals surface area contributed by atoms with Gasteiger partial charge >= 0.3 is 0 Å². The zero-order valence-corrected chi connectivity index (χ0v) is 11.6. The highest BCUT2D eigenvalue weighted by molar-refractivity contribution is 5.37. The van der Waals surface area contributed by atoms with E-state index in [2.05, 4.69) is 19.1 Å². The van der Waals surface area contributed by atoms with Gasteiger partial charge in [-0.05, 0) is 49.2 Å². The van der Waals surface area contributed by atoms with Crippen molar-refractivity contribution in [1.82, 2.24) is 0 Å². The molecule has 19 heavy (non-hydrogen) atoms. The van der Waals surface area contributed by atoms with Gasteiger partial charge in [0.1, 0.15) is 11.5 Å². The minimum absolute atomic E-state index is 0.195. The monoisotopic (exact) mass is 256 g/mol. The highest BCUT2D eigenvalue weighted by atomic mass is 16.5. The zero-order valence-electron chi connectivity index (χ0n) is 11.6. The molecule has 0 aliphatic heterocycles. The van der Waals surface area contributed by atoms with Crippen molar-refractivity contribution in [1.29, 1.82) is 0 Å². The first-order chi connectivity index (χ1) is 9.06. The van der Waals surface area contributed by atoms with Gasteiger partial charge in [0.25, 0.3) is 0 Å². The van der Waals surface area contributed by atoms with Gasteiger partial charge in [0.05, 0.1) is 6.10 Å². The fraction of sp³-hybridized carbons (Fsp3) is 0.294. The third kappa shape index (κ3) is 3.50. The summed E-state index contributed by atoms with van der Waals surface area (Å²) in [5, 5.41) is 9.31. The Hall–Kier alpha value is -1.96. The first-order valence-electron chi connectivity index (χ1n) is 6.62. The summed E-state index contributed by atoms with van der Waals surface area (Å²) in [6.07, 6.45) is 0.195. The third-order valence-electron chi connectivity index (χ3n) is 3.14. The number of phenolic OH excluding ortho intramolecular Hbond substituents is 1. The Balaban J connectivity index is 2.15. The predicted octanol–water partition coefficient (Wildman–Crippen LogP) is 4.33. The van der Waals surface area contributed by atoms with Gasteiger partial charge in [-0.3, -0.25) is 0 Å². The van der Waals surface area contributed by atoms with Crippen LogP contribution in [0.2, 0.25) is 0 Å². The molecular formula is C17H20O2. The number of benzene rings is 2. The van der Waals surface area contributed by atoms with Crippen LogP contribution < -0.4 is 4.74 Å². The number of hydrogen-bond acceptors (Lipinski definition) is 2. The van der Waals surface area contributed by atoms with Crippen molar-refractivity contribution in [2.75, 3.05) is 0 Å². The van der Waals surface area contributed by atoms with Crippen LogP contribution in [0, 0.1) is 0 Å². The van der Waals surface area contributed by atoms with E-state index in [9.17, 15) is 5.11 Å². The van der Waals surface area contributed by atoms with Crippen molar-refractivity contribution in [3.8, 4) is 11.5 Å². The zero-order chi connectivity index (χ0) is 13.8. The van der Waals surface area contributed by atoms with Crippen LogP contribution in [-0.4, -0.2) is 11.2 Å². The van der Waals surface area contributed by atoms with Gasteiger partial charge in [-0.1, -0.05) is 31.2 Å². The van der Waals surface area contributed by atoms with Crippen LogP contribution in [0.3, 0.4) is 0 Å². The second-order valence-electron chi connectivity index (χ2n) is 5.05. The van der Waals surface area contributed by atoms with Crippen LogP contribution in [0.4, 0.5) is 0 Å². The standard InChI is InChI=1S/C17H20O2/c1-12(2)19-17-10-6-15(7-11-17)13(3)14-4-8-16(18)9-5-14/h4-13,18H,1-3H3. The maximum absolute atomic E-state index is 9.31. The normalized spacial score (nSPS) is 12.4. The van der Waals surface area contributed by atoms with Crippen molar-refractivity contribution >= 4 is 0 Å². The van der Waals surface area contributed by atoms with E-state index in [4.69, 9.17) is 4.74 Å². The minimum Gasteiger partial charge on any atom is -0.508 e. The van der Waals surface area contributed by atoms with Crippen molar-refractivity contribution < 1.29 is 9.84 Å². The molecule has 0 amide bonds. The molecule has 0 saturated heterocycles. The second kappa shape index (κ2) is 5.79. The number of aromatic hydroxyl groups is 1. The minimum atomic E-state index is 0.195. The van der Waals surface area contributed by atoms with Gasteiger partial charge in [-0.2, -0.15) is 0 Å².